The van der Waals surface area contributed by atoms with Crippen molar-refractivity contribution in [3.63, 3.8) is 0 Å². The molecule has 31 heavy (non-hydrogen) atoms. The van der Waals surface area contributed by atoms with Gasteiger partial charge in [0.2, 0.25) is 0 Å². The predicted molar refractivity (Wildman–Crippen MR) is 119 cm³/mol. The average Bonchev–Trinajstić information content (AvgIpc) is 3.13. The van der Waals surface area contributed by atoms with Gasteiger partial charge in [0, 0.05) is 37.1 Å². The smallest absolute Gasteiger partial charge is 0.331 e. The summed E-state index contributed by atoms with van der Waals surface area (Å²) in [6.07, 6.45) is 6.32. The Morgan fingerprint density at radius 2 is 1.90 bits per heavy atom. The van der Waals surface area contributed by atoms with Gasteiger partial charge in [0.1, 0.15) is 5.82 Å². The number of imidazole rings is 1. The third-order valence-electron chi connectivity index (χ3n) is 5.02. The summed E-state index contributed by atoms with van der Waals surface area (Å²) >= 11 is 0. The molecule has 1 heterocycles. The number of hydrogen-bond donors (Lipinski definition) is 1. The van der Waals surface area contributed by atoms with Crippen LogP contribution in [-0.4, -0.2) is 25.6 Å². The first-order chi connectivity index (χ1) is 15.0. The predicted octanol–water partition coefficient (Wildman–Crippen LogP) is 4.89. The van der Waals surface area contributed by atoms with Crippen LogP contribution in [0.4, 0.5) is 5.69 Å². The van der Waals surface area contributed by atoms with E-state index in [2.05, 4.69) is 11.9 Å². The molecular weight excluding hydrogens is 394 g/mol. The molecule has 0 saturated carbocycles. The van der Waals surface area contributed by atoms with Gasteiger partial charge in [-0.05, 0) is 23.6 Å². The lowest BCUT2D eigenvalue weighted by molar-refractivity contribution is -0.384. The molecule has 0 fully saturated rings. The molecule has 0 saturated heterocycles. The minimum absolute atomic E-state index is 0.0279. The van der Waals surface area contributed by atoms with Crippen molar-refractivity contribution in [3.05, 3.63) is 99.1 Å². The zero-order valence-corrected chi connectivity index (χ0v) is 17.4. The Hall–Kier alpha value is -3.74. The molecule has 0 bridgehead atoms. The highest BCUT2D eigenvalue weighted by Gasteiger charge is 2.15. The van der Waals surface area contributed by atoms with Crippen molar-refractivity contribution in [1.29, 1.82) is 0 Å². The highest BCUT2D eigenvalue weighted by atomic mass is 16.6. The molecule has 3 rings (SSSR count). The quantitative estimate of drug-likeness (QED) is 0.286. The molecule has 1 N–H and O–H groups in total. The van der Waals surface area contributed by atoms with E-state index >= 15 is 0 Å². The van der Waals surface area contributed by atoms with Gasteiger partial charge in [0.15, 0.2) is 0 Å². The minimum atomic E-state index is -0.984. The molecule has 0 aliphatic rings. The standard InChI is InChI=1S/C24H25N3O4/c1-2-3-12-23-25-16-22(15-20(24(28)29)13-18-8-5-4-6-9-18)26(23)17-19-10-7-11-21(14-19)27(30)31/h4-11,14-16H,2-3,12-13,17H2,1H3,(H,28,29). The molecule has 7 heteroatoms. The van der Waals surface area contributed by atoms with Crippen molar-refractivity contribution in [3.8, 4) is 0 Å². The van der Waals surface area contributed by atoms with Gasteiger partial charge in [-0.25, -0.2) is 9.78 Å². The number of non-ortho nitro benzene ring substituents is 1. The SMILES string of the molecule is CCCCc1ncc(C=C(Cc2ccccc2)C(=O)O)n1Cc1cccc([N+](=O)[O-])c1. The Balaban J connectivity index is 1.98. The number of carboxylic acids is 1. The normalized spacial score (nSPS) is 11.5. The fourth-order valence-corrected chi connectivity index (χ4v) is 3.39. The summed E-state index contributed by atoms with van der Waals surface area (Å²) in [7, 11) is 0. The number of nitro benzene ring substituents is 1. The fraction of sp³-hybridized carbons (Fsp3) is 0.250. The second-order valence-corrected chi connectivity index (χ2v) is 7.35. The van der Waals surface area contributed by atoms with E-state index in [0.29, 0.717) is 18.7 Å². The largest absolute Gasteiger partial charge is 0.478 e. The molecule has 0 aliphatic carbocycles. The number of rotatable bonds is 10. The highest BCUT2D eigenvalue weighted by molar-refractivity contribution is 5.92. The lowest BCUT2D eigenvalue weighted by Crippen LogP contribution is -2.09. The van der Waals surface area contributed by atoms with Gasteiger partial charge < -0.3 is 9.67 Å². The summed E-state index contributed by atoms with van der Waals surface area (Å²) in [6.45, 7) is 2.47. The van der Waals surface area contributed by atoms with Crippen LogP contribution in [0.5, 0.6) is 0 Å². The number of unbranched alkanes of at least 4 members (excludes halogenated alkanes) is 1. The van der Waals surface area contributed by atoms with E-state index in [1.54, 1.807) is 24.4 Å². The monoisotopic (exact) mass is 419 g/mol. The van der Waals surface area contributed by atoms with Crippen molar-refractivity contribution in [2.24, 2.45) is 0 Å². The van der Waals surface area contributed by atoms with Crippen molar-refractivity contribution in [1.82, 2.24) is 9.55 Å². The first-order valence-corrected chi connectivity index (χ1v) is 10.2. The number of benzene rings is 2. The van der Waals surface area contributed by atoms with Crippen LogP contribution in [0.25, 0.3) is 6.08 Å². The van der Waals surface area contributed by atoms with Gasteiger partial charge in [-0.1, -0.05) is 55.8 Å². The second kappa shape index (κ2) is 10.3. The molecule has 0 unspecified atom stereocenters. The maximum absolute atomic E-state index is 11.9. The zero-order valence-electron chi connectivity index (χ0n) is 17.4. The summed E-state index contributed by atoms with van der Waals surface area (Å²) in [5.74, 6) is -0.147. The molecule has 0 spiro atoms. The molecule has 0 amide bonds. The van der Waals surface area contributed by atoms with Gasteiger partial charge in [0.25, 0.3) is 5.69 Å². The summed E-state index contributed by atoms with van der Waals surface area (Å²) in [6, 6.07) is 15.9. The number of hydrogen-bond acceptors (Lipinski definition) is 4. The molecule has 3 aromatic rings. The summed E-state index contributed by atoms with van der Waals surface area (Å²) in [5, 5.41) is 20.9. The van der Waals surface area contributed by atoms with E-state index < -0.39 is 10.9 Å². The van der Waals surface area contributed by atoms with E-state index in [-0.39, 0.29) is 11.3 Å². The highest BCUT2D eigenvalue weighted by Crippen LogP contribution is 2.20. The first kappa shape index (κ1) is 22.0. The van der Waals surface area contributed by atoms with Crippen molar-refractivity contribution in [2.45, 2.75) is 39.2 Å². The number of carboxylic acid groups (broad SMARTS) is 1. The Morgan fingerprint density at radius 1 is 1.16 bits per heavy atom. The summed E-state index contributed by atoms with van der Waals surface area (Å²) in [5.41, 5.74) is 2.63. The van der Waals surface area contributed by atoms with Crippen molar-refractivity contribution >= 4 is 17.7 Å². The van der Waals surface area contributed by atoms with Crippen LogP contribution in [-0.2, 0) is 24.2 Å². The maximum atomic E-state index is 11.9. The van der Waals surface area contributed by atoms with Crippen LogP contribution >= 0.6 is 0 Å². The number of aromatic nitrogens is 2. The summed E-state index contributed by atoms with van der Waals surface area (Å²) in [4.78, 5) is 27.1. The Kier molecular flexibility index (Phi) is 7.32. The molecule has 2 aromatic carbocycles. The van der Waals surface area contributed by atoms with E-state index in [9.17, 15) is 20.0 Å². The van der Waals surface area contributed by atoms with Gasteiger partial charge in [0.05, 0.1) is 16.8 Å². The molecule has 0 aliphatic heterocycles. The lowest BCUT2D eigenvalue weighted by Gasteiger charge is -2.11. The van der Waals surface area contributed by atoms with Gasteiger partial charge in [-0.3, -0.25) is 10.1 Å². The van der Waals surface area contributed by atoms with Crippen LogP contribution in [0.3, 0.4) is 0 Å². The Morgan fingerprint density at radius 3 is 2.58 bits per heavy atom. The average molecular weight is 419 g/mol. The third kappa shape index (κ3) is 5.88. The number of carbonyl (C=O) groups is 1. The minimum Gasteiger partial charge on any atom is -0.478 e. The van der Waals surface area contributed by atoms with Crippen LogP contribution in [0, 0.1) is 10.1 Å². The van der Waals surface area contributed by atoms with E-state index in [4.69, 9.17) is 0 Å². The summed E-state index contributed by atoms with van der Waals surface area (Å²) < 4.78 is 1.95. The molecule has 1 aromatic heterocycles. The topological polar surface area (TPSA) is 98.3 Å². The van der Waals surface area contributed by atoms with E-state index in [0.717, 1.165) is 36.2 Å². The molecule has 0 atom stereocenters. The molecule has 7 nitrogen and oxygen atoms in total. The zero-order chi connectivity index (χ0) is 22.2. The fourth-order valence-electron chi connectivity index (χ4n) is 3.39. The second-order valence-electron chi connectivity index (χ2n) is 7.35. The van der Waals surface area contributed by atoms with Crippen LogP contribution in [0.15, 0.2) is 66.4 Å². The number of aliphatic carboxylic acids is 1. The number of nitrogens with zero attached hydrogens (tertiary/aromatic N) is 3. The van der Waals surface area contributed by atoms with Gasteiger partial charge in [-0.2, -0.15) is 0 Å². The van der Waals surface area contributed by atoms with Crippen molar-refractivity contribution in [2.75, 3.05) is 0 Å². The lowest BCUT2D eigenvalue weighted by atomic mass is 10.0. The molecular formula is C24H25N3O4. The molecule has 160 valence electrons. The van der Waals surface area contributed by atoms with Gasteiger partial charge >= 0.3 is 5.97 Å². The van der Waals surface area contributed by atoms with Crippen LogP contribution in [0.1, 0.15) is 42.4 Å². The molecule has 0 radical (unpaired) electrons. The van der Waals surface area contributed by atoms with E-state index in [1.807, 2.05) is 41.0 Å². The van der Waals surface area contributed by atoms with Crippen LogP contribution in [0.2, 0.25) is 0 Å². The first-order valence-electron chi connectivity index (χ1n) is 10.2. The van der Waals surface area contributed by atoms with Crippen LogP contribution < -0.4 is 0 Å². The van der Waals surface area contributed by atoms with Crippen molar-refractivity contribution < 1.29 is 14.8 Å². The number of nitro groups is 1. The Bertz CT molecular complexity index is 1090. The van der Waals surface area contributed by atoms with Gasteiger partial charge in [-0.15, -0.1) is 0 Å². The third-order valence-corrected chi connectivity index (χ3v) is 5.02. The maximum Gasteiger partial charge on any atom is 0.331 e. The number of aryl methyl sites for hydroxylation is 1. The van der Waals surface area contributed by atoms with E-state index in [1.165, 1.54) is 6.07 Å². The Labute approximate surface area is 180 Å².